The van der Waals surface area contributed by atoms with Crippen LogP contribution in [0.1, 0.15) is 23.7 Å². The molecule has 0 aliphatic carbocycles. The lowest BCUT2D eigenvalue weighted by atomic mass is 10.4. The SMILES string of the molecule is C=CCn1cc(C)nc1NC(C)c1nccs1. The lowest BCUT2D eigenvalue weighted by Crippen LogP contribution is -2.11. The van der Waals surface area contributed by atoms with Gasteiger partial charge in [-0.25, -0.2) is 9.97 Å². The molecule has 0 bridgehead atoms. The van der Waals surface area contributed by atoms with E-state index in [1.165, 1.54) is 0 Å². The summed E-state index contributed by atoms with van der Waals surface area (Å²) in [6.07, 6.45) is 5.69. The van der Waals surface area contributed by atoms with Crippen molar-refractivity contribution in [1.29, 1.82) is 0 Å². The molecule has 0 radical (unpaired) electrons. The molecule has 0 aliphatic heterocycles. The average Bonchev–Trinajstić information content (AvgIpc) is 2.89. The average molecular weight is 248 g/mol. The first kappa shape index (κ1) is 11.9. The van der Waals surface area contributed by atoms with Crippen molar-refractivity contribution in [2.75, 3.05) is 5.32 Å². The minimum Gasteiger partial charge on any atom is -0.347 e. The molecule has 2 heterocycles. The van der Waals surface area contributed by atoms with Crippen molar-refractivity contribution in [2.24, 2.45) is 0 Å². The summed E-state index contributed by atoms with van der Waals surface area (Å²) in [6.45, 7) is 8.58. The van der Waals surface area contributed by atoms with Gasteiger partial charge in [0, 0.05) is 24.3 Å². The fourth-order valence-corrected chi connectivity index (χ4v) is 2.29. The fourth-order valence-electron chi connectivity index (χ4n) is 1.64. The van der Waals surface area contributed by atoms with Crippen LogP contribution in [-0.4, -0.2) is 14.5 Å². The van der Waals surface area contributed by atoms with E-state index in [0.29, 0.717) is 0 Å². The second-order valence-electron chi connectivity index (χ2n) is 3.88. The lowest BCUT2D eigenvalue weighted by molar-refractivity contribution is 0.780. The smallest absolute Gasteiger partial charge is 0.203 e. The van der Waals surface area contributed by atoms with Crippen LogP contribution in [0.3, 0.4) is 0 Å². The molecule has 1 atom stereocenters. The number of aryl methyl sites for hydroxylation is 1. The van der Waals surface area contributed by atoms with E-state index in [4.69, 9.17) is 0 Å². The number of anilines is 1. The normalized spacial score (nSPS) is 12.4. The first-order chi connectivity index (χ1) is 8.20. The maximum atomic E-state index is 4.46. The number of nitrogens with zero attached hydrogens (tertiary/aromatic N) is 3. The van der Waals surface area contributed by atoms with E-state index < -0.39 is 0 Å². The summed E-state index contributed by atoms with van der Waals surface area (Å²) in [5.74, 6) is 0.866. The molecule has 1 N–H and O–H groups in total. The quantitative estimate of drug-likeness (QED) is 0.827. The molecule has 2 aromatic rings. The van der Waals surface area contributed by atoms with Crippen molar-refractivity contribution in [2.45, 2.75) is 26.4 Å². The van der Waals surface area contributed by atoms with E-state index in [0.717, 1.165) is 23.2 Å². The van der Waals surface area contributed by atoms with Gasteiger partial charge in [-0.05, 0) is 13.8 Å². The molecule has 17 heavy (non-hydrogen) atoms. The zero-order chi connectivity index (χ0) is 12.3. The number of allylic oxidation sites excluding steroid dienone is 1. The van der Waals surface area contributed by atoms with Gasteiger partial charge in [0.05, 0.1) is 11.7 Å². The highest BCUT2D eigenvalue weighted by molar-refractivity contribution is 7.09. The Balaban J connectivity index is 2.15. The number of nitrogens with one attached hydrogen (secondary N) is 1. The lowest BCUT2D eigenvalue weighted by Gasteiger charge is -2.12. The Bertz CT molecular complexity index is 487. The zero-order valence-electron chi connectivity index (χ0n) is 10.1. The van der Waals surface area contributed by atoms with Crippen molar-refractivity contribution in [3.05, 3.63) is 41.1 Å². The van der Waals surface area contributed by atoms with Crippen LogP contribution in [-0.2, 0) is 6.54 Å². The Kier molecular flexibility index (Phi) is 3.58. The molecule has 0 fully saturated rings. The van der Waals surface area contributed by atoms with E-state index in [1.807, 2.05) is 35.3 Å². The van der Waals surface area contributed by atoms with E-state index in [1.54, 1.807) is 11.3 Å². The van der Waals surface area contributed by atoms with Gasteiger partial charge in [-0.15, -0.1) is 17.9 Å². The van der Waals surface area contributed by atoms with Crippen LogP contribution in [0.2, 0.25) is 0 Å². The molecule has 0 saturated heterocycles. The van der Waals surface area contributed by atoms with Crippen molar-refractivity contribution in [1.82, 2.24) is 14.5 Å². The Labute approximate surface area is 105 Å². The van der Waals surface area contributed by atoms with Gasteiger partial charge in [0.25, 0.3) is 0 Å². The highest BCUT2D eigenvalue weighted by Crippen LogP contribution is 2.20. The molecular weight excluding hydrogens is 232 g/mol. The van der Waals surface area contributed by atoms with E-state index >= 15 is 0 Å². The van der Waals surface area contributed by atoms with Crippen LogP contribution < -0.4 is 5.32 Å². The Morgan fingerprint density at radius 3 is 3.12 bits per heavy atom. The summed E-state index contributed by atoms with van der Waals surface area (Å²) in [6, 6.07) is 0.167. The van der Waals surface area contributed by atoms with Gasteiger partial charge in [0.2, 0.25) is 5.95 Å². The van der Waals surface area contributed by atoms with Gasteiger partial charge in [-0.1, -0.05) is 6.08 Å². The monoisotopic (exact) mass is 248 g/mol. The molecule has 0 spiro atoms. The predicted molar refractivity (Wildman–Crippen MR) is 71.3 cm³/mol. The van der Waals surface area contributed by atoms with Crippen molar-refractivity contribution in [3.8, 4) is 0 Å². The first-order valence-electron chi connectivity index (χ1n) is 5.51. The van der Waals surface area contributed by atoms with Crippen LogP contribution in [0.15, 0.2) is 30.4 Å². The number of hydrogen-bond donors (Lipinski definition) is 1. The molecule has 1 unspecified atom stereocenters. The molecule has 5 heteroatoms. The van der Waals surface area contributed by atoms with Gasteiger partial charge in [-0.2, -0.15) is 0 Å². The van der Waals surface area contributed by atoms with Crippen LogP contribution >= 0.6 is 11.3 Å². The summed E-state index contributed by atoms with van der Waals surface area (Å²) in [4.78, 5) is 8.75. The largest absolute Gasteiger partial charge is 0.347 e. The Hall–Kier alpha value is -1.62. The van der Waals surface area contributed by atoms with E-state index in [2.05, 4.69) is 28.8 Å². The number of imidazole rings is 1. The molecule has 2 rings (SSSR count). The van der Waals surface area contributed by atoms with Gasteiger partial charge < -0.3 is 9.88 Å². The standard InChI is InChI=1S/C12H16N4S/c1-4-6-16-8-9(2)14-12(16)15-10(3)11-13-5-7-17-11/h4-5,7-8,10H,1,6H2,2-3H3,(H,14,15). The molecule has 90 valence electrons. The molecule has 2 aromatic heterocycles. The fraction of sp³-hybridized carbons (Fsp3) is 0.333. The maximum absolute atomic E-state index is 4.46. The summed E-state index contributed by atoms with van der Waals surface area (Å²) in [5, 5.41) is 6.42. The predicted octanol–water partition coefficient (Wildman–Crippen LogP) is 3.01. The highest BCUT2D eigenvalue weighted by atomic mass is 32.1. The van der Waals surface area contributed by atoms with Gasteiger partial charge >= 0.3 is 0 Å². The molecule has 0 amide bonds. The van der Waals surface area contributed by atoms with Gasteiger partial charge in [-0.3, -0.25) is 0 Å². The molecule has 0 aliphatic rings. The molecule has 0 saturated carbocycles. The van der Waals surface area contributed by atoms with Gasteiger partial charge in [0.15, 0.2) is 0 Å². The van der Waals surface area contributed by atoms with Crippen molar-refractivity contribution >= 4 is 17.3 Å². The third-order valence-corrected chi connectivity index (χ3v) is 3.35. The molecule has 4 nitrogen and oxygen atoms in total. The minimum absolute atomic E-state index is 0.167. The zero-order valence-corrected chi connectivity index (χ0v) is 10.9. The number of hydrogen-bond acceptors (Lipinski definition) is 4. The molecule has 0 aromatic carbocycles. The minimum atomic E-state index is 0.167. The van der Waals surface area contributed by atoms with Crippen LogP contribution in [0.5, 0.6) is 0 Å². The second-order valence-corrected chi connectivity index (χ2v) is 4.81. The van der Waals surface area contributed by atoms with Gasteiger partial charge in [0.1, 0.15) is 5.01 Å². The summed E-state index contributed by atoms with van der Waals surface area (Å²) in [5.41, 5.74) is 1.00. The van der Waals surface area contributed by atoms with E-state index in [-0.39, 0.29) is 6.04 Å². The number of thiazole rings is 1. The second kappa shape index (κ2) is 5.14. The molecular formula is C12H16N4S. The van der Waals surface area contributed by atoms with Crippen LogP contribution in [0.4, 0.5) is 5.95 Å². The Morgan fingerprint density at radius 2 is 2.47 bits per heavy atom. The van der Waals surface area contributed by atoms with Crippen molar-refractivity contribution in [3.63, 3.8) is 0 Å². The third kappa shape index (κ3) is 2.74. The third-order valence-electron chi connectivity index (χ3n) is 2.39. The maximum Gasteiger partial charge on any atom is 0.203 e. The van der Waals surface area contributed by atoms with E-state index in [9.17, 15) is 0 Å². The summed E-state index contributed by atoms with van der Waals surface area (Å²) < 4.78 is 2.05. The topological polar surface area (TPSA) is 42.7 Å². The van der Waals surface area contributed by atoms with Crippen molar-refractivity contribution < 1.29 is 0 Å². The Morgan fingerprint density at radius 1 is 1.65 bits per heavy atom. The van der Waals surface area contributed by atoms with Crippen LogP contribution in [0, 0.1) is 6.92 Å². The summed E-state index contributed by atoms with van der Waals surface area (Å²) >= 11 is 1.65. The highest BCUT2D eigenvalue weighted by Gasteiger charge is 2.11. The number of rotatable bonds is 5. The van der Waals surface area contributed by atoms with Crippen LogP contribution in [0.25, 0.3) is 0 Å². The number of aromatic nitrogens is 3. The summed E-state index contributed by atoms with van der Waals surface area (Å²) in [7, 11) is 0. The first-order valence-corrected chi connectivity index (χ1v) is 6.39.